The van der Waals surface area contributed by atoms with Gasteiger partial charge in [-0.05, 0) is 78.5 Å². The van der Waals surface area contributed by atoms with Crippen LogP contribution in [0.3, 0.4) is 0 Å². The first-order valence-electron chi connectivity index (χ1n) is 9.12. The van der Waals surface area contributed by atoms with E-state index >= 15 is 0 Å². The van der Waals surface area contributed by atoms with Crippen molar-refractivity contribution < 1.29 is 18.7 Å². The number of halogens is 2. The molecule has 0 aromatic heterocycles. The van der Waals surface area contributed by atoms with Crippen LogP contribution in [0.1, 0.15) is 5.56 Å². The number of thiocarbonyl (C=S) groups is 1. The molecule has 0 unspecified atom stereocenters. The molecule has 0 saturated carbocycles. The third-order valence-electron chi connectivity index (χ3n) is 4.43. The van der Waals surface area contributed by atoms with Crippen LogP contribution in [0, 0.1) is 5.82 Å². The summed E-state index contributed by atoms with van der Waals surface area (Å²) >= 11 is 8.51. The fourth-order valence-corrected chi connectivity index (χ4v) is 3.60. The Bertz CT molecular complexity index is 1210. The van der Waals surface area contributed by atoms with E-state index in [0.29, 0.717) is 27.2 Å². The first-order chi connectivity index (χ1) is 14.9. The Kier molecular flexibility index (Phi) is 5.92. The predicted molar refractivity (Wildman–Crippen MR) is 123 cm³/mol. The highest BCUT2D eigenvalue weighted by Crippen LogP contribution is 2.28. The van der Waals surface area contributed by atoms with Crippen LogP contribution in [0.2, 0.25) is 0 Å². The van der Waals surface area contributed by atoms with Crippen molar-refractivity contribution in [3.63, 3.8) is 0 Å². The molecule has 8 heteroatoms. The second-order valence-electron chi connectivity index (χ2n) is 6.53. The molecule has 1 aliphatic rings. The molecule has 0 atom stereocenters. The molecule has 3 aromatic carbocycles. The van der Waals surface area contributed by atoms with E-state index in [2.05, 4.69) is 21.2 Å². The molecule has 4 rings (SSSR count). The zero-order valence-electron chi connectivity index (χ0n) is 15.8. The number of ether oxygens (including phenoxy) is 1. The Morgan fingerprint density at radius 2 is 1.65 bits per heavy atom. The summed E-state index contributed by atoms with van der Waals surface area (Å²) in [7, 11) is 0. The van der Waals surface area contributed by atoms with Crippen LogP contribution in [-0.2, 0) is 9.59 Å². The smallest absolute Gasteiger partial charge is 0.270 e. The SMILES string of the molecule is O=C1NC(=S)N(c2ccc(Oc3ccccc3)cc2)C(=O)/C1=C/c1cc(F)ccc1Br. The molecule has 0 aliphatic carbocycles. The van der Waals surface area contributed by atoms with Crippen LogP contribution in [0.5, 0.6) is 11.5 Å². The van der Waals surface area contributed by atoms with Gasteiger partial charge in [-0.1, -0.05) is 34.1 Å². The molecule has 1 heterocycles. The fourth-order valence-electron chi connectivity index (χ4n) is 2.96. The molecule has 1 aliphatic heterocycles. The normalized spacial score (nSPS) is 15.2. The summed E-state index contributed by atoms with van der Waals surface area (Å²) in [5, 5.41) is 2.47. The molecule has 0 spiro atoms. The number of hydrogen-bond acceptors (Lipinski definition) is 4. The first kappa shape index (κ1) is 20.9. The molecular formula is C23H14BrFN2O3S. The molecule has 154 valence electrons. The lowest BCUT2D eigenvalue weighted by molar-refractivity contribution is -0.122. The third-order valence-corrected chi connectivity index (χ3v) is 5.44. The monoisotopic (exact) mass is 496 g/mol. The minimum atomic E-state index is -0.647. The molecular weight excluding hydrogens is 483 g/mol. The van der Waals surface area contributed by atoms with Gasteiger partial charge in [-0.25, -0.2) is 4.39 Å². The second-order valence-corrected chi connectivity index (χ2v) is 7.77. The van der Waals surface area contributed by atoms with Crippen LogP contribution in [0.25, 0.3) is 6.08 Å². The average molecular weight is 497 g/mol. The lowest BCUT2D eigenvalue weighted by atomic mass is 10.1. The van der Waals surface area contributed by atoms with Gasteiger partial charge < -0.3 is 4.74 Å². The quantitative estimate of drug-likeness (QED) is 0.306. The first-order valence-corrected chi connectivity index (χ1v) is 10.3. The van der Waals surface area contributed by atoms with Gasteiger partial charge in [0.25, 0.3) is 11.8 Å². The van der Waals surface area contributed by atoms with E-state index in [4.69, 9.17) is 17.0 Å². The number of rotatable bonds is 4. The van der Waals surface area contributed by atoms with Crippen molar-refractivity contribution in [2.24, 2.45) is 0 Å². The van der Waals surface area contributed by atoms with Crippen molar-refractivity contribution in [1.82, 2.24) is 5.32 Å². The second kappa shape index (κ2) is 8.79. The maximum atomic E-state index is 13.6. The standard InChI is InChI=1S/C23H14BrFN2O3S/c24-20-11-6-15(25)12-14(20)13-19-21(28)26-23(31)27(22(19)29)16-7-9-18(10-8-16)30-17-4-2-1-3-5-17/h1-13H,(H,26,28,31)/b19-13+. The summed E-state index contributed by atoms with van der Waals surface area (Å²) < 4.78 is 19.9. The van der Waals surface area contributed by atoms with E-state index in [0.717, 1.165) is 0 Å². The zero-order valence-corrected chi connectivity index (χ0v) is 18.2. The summed E-state index contributed by atoms with van der Waals surface area (Å²) in [5.41, 5.74) is 0.655. The van der Waals surface area contributed by atoms with E-state index in [9.17, 15) is 14.0 Å². The highest BCUT2D eigenvalue weighted by molar-refractivity contribution is 9.10. The van der Waals surface area contributed by atoms with E-state index in [-0.39, 0.29) is 10.7 Å². The number of carbonyl (C=O) groups excluding carboxylic acids is 2. The summed E-state index contributed by atoms with van der Waals surface area (Å²) in [6.07, 6.45) is 1.33. The summed E-state index contributed by atoms with van der Waals surface area (Å²) in [6.45, 7) is 0. The molecule has 31 heavy (non-hydrogen) atoms. The van der Waals surface area contributed by atoms with Crippen molar-refractivity contribution >= 4 is 56.8 Å². The van der Waals surface area contributed by atoms with Gasteiger partial charge >= 0.3 is 0 Å². The summed E-state index contributed by atoms with van der Waals surface area (Å²) in [5.74, 6) is -0.486. The summed E-state index contributed by atoms with van der Waals surface area (Å²) in [6, 6.07) is 20.0. The van der Waals surface area contributed by atoms with Gasteiger partial charge in [0.15, 0.2) is 5.11 Å². The Morgan fingerprint density at radius 1 is 0.968 bits per heavy atom. The maximum absolute atomic E-state index is 13.6. The topological polar surface area (TPSA) is 58.6 Å². The fraction of sp³-hybridized carbons (Fsp3) is 0. The van der Waals surface area contributed by atoms with Gasteiger partial charge in [0.05, 0.1) is 5.69 Å². The third kappa shape index (κ3) is 4.55. The number of nitrogens with one attached hydrogen (secondary N) is 1. The van der Waals surface area contributed by atoms with Crippen LogP contribution in [0.4, 0.5) is 10.1 Å². The molecule has 3 aromatic rings. The molecule has 5 nitrogen and oxygen atoms in total. The number of nitrogens with zero attached hydrogens (tertiary/aromatic N) is 1. The van der Waals surface area contributed by atoms with Crippen LogP contribution < -0.4 is 15.0 Å². The zero-order chi connectivity index (χ0) is 22.0. The van der Waals surface area contributed by atoms with Crippen molar-refractivity contribution in [3.05, 3.63) is 94.2 Å². The number of amides is 2. The van der Waals surface area contributed by atoms with Crippen LogP contribution in [-0.4, -0.2) is 16.9 Å². The molecule has 2 amide bonds. The lowest BCUT2D eigenvalue weighted by Gasteiger charge is -2.29. The van der Waals surface area contributed by atoms with E-state index in [1.807, 2.05) is 30.3 Å². The Morgan fingerprint density at radius 3 is 2.35 bits per heavy atom. The largest absolute Gasteiger partial charge is 0.457 e. The predicted octanol–water partition coefficient (Wildman–Crippen LogP) is 5.21. The maximum Gasteiger partial charge on any atom is 0.270 e. The molecule has 1 fully saturated rings. The van der Waals surface area contributed by atoms with Gasteiger partial charge in [0.1, 0.15) is 22.9 Å². The Hall–Kier alpha value is -3.36. The number of anilines is 1. The van der Waals surface area contributed by atoms with Gasteiger partial charge in [-0.15, -0.1) is 0 Å². The van der Waals surface area contributed by atoms with Crippen molar-refractivity contribution in [2.75, 3.05) is 4.90 Å². The van der Waals surface area contributed by atoms with E-state index in [1.54, 1.807) is 24.3 Å². The van der Waals surface area contributed by atoms with Crippen molar-refractivity contribution in [2.45, 2.75) is 0 Å². The van der Waals surface area contributed by atoms with Crippen LogP contribution >= 0.6 is 28.1 Å². The molecule has 1 saturated heterocycles. The average Bonchev–Trinajstić information content (AvgIpc) is 2.75. The highest BCUT2D eigenvalue weighted by atomic mass is 79.9. The minimum absolute atomic E-state index is 0.0396. The molecule has 0 bridgehead atoms. The minimum Gasteiger partial charge on any atom is -0.457 e. The van der Waals surface area contributed by atoms with Crippen molar-refractivity contribution in [3.8, 4) is 11.5 Å². The number of para-hydroxylation sites is 1. The molecule has 1 N–H and O–H groups in total. The lowest BCUT2D eigenvalue weighted by Crippen LogP contribution is -2.54. The van der Waals surface area contributed by atoms with Crippen LogP contribution in [0.15, 0.2) is 82.8 Å². The highest BCUT2D eigenvalue weighted by Gasteiger charge is 2.34. The van der Waals surface area contributed by atoms with Crippen molar-refractivity contribution in [1.29, 1.82) is 0 Å². The number of hydrogen-bond donors (Lipinski definition) is 1. The Labute approximate surface area is 191 Å². The van der Waals surface area contributed by atoms with Gasteiger partial charge in [0.2, 0.25) is 0 Å². The van der Waals surface area contributed by atoms with Gasteiger partial charge in [0, 0.05) is 4.47 Å². The summed E-state index contributed by atoms with van der Waals surface area (Å²) in [4.78, 5) is 26.7. The van der Waals surface area contributed by atoms with Gasteiger partial charge in [-0.3, -0.25) is 19.8 Å². The number of benzene rings is 3. The molecule has 0 radical (unpaired) electrons. The van der Waals surface area contributed by atoms with Gasteiger partial charge in [-0.2, -0.15) is 0 Å². The van der Waals surface area contributed by atoms with E-state index in [1.165, 1.54) is 29.2 Å². The number of carbonyl (C=O) groups is 2. The van der Waals surface area contributed by atoms with E-state index < -0.39 is 17.6 Å². The Balaban J connectivity index is 1.62.